The zero-order valence-corrected chi connectivity index (χ0v) is 21.0. The number of likely N-dealkylation sites (tertiary alicyclic amines) is 1. The Kier molecular flexibility index (Phi) is 7.59. The topological polar surface area (TPSA) is 92.5 Å². The molecular formula is C27H37N5O4. The third-order valence-electron chi connectivity index (χ3n) is 8.03. The van der Waals surface area contributed by atoms with Crippen LogP contribution in [-0.2, 0) is 22.7 Å². The van der Waals surface area contributed by atoms with Gasteiger partial charge in [0.1, 0.15) is 24.2 Å². The number of aliphatic hydroxyl groups is 1. The predicted molar refractivity (Wildman–Crippen MR) is 136 cm³/mol. The van der Waals surface area contributed by atoms with Gasteiger partial charge in [-0.15, -0.1) is 0 Å². The lowest BCUT2D eigenvalue weighted by Gasteiger charge is -2.37. The van der Waals surface area contributed by atoms with E-state index in [1.54, 1.807) is 6.07 Å². The third kappa shape index (κ3) is 5.28. The predicted octanol–water partition coefficient (Wildman–Crippen LogP) is 1.27. The number of likely N-dealkylation sites (N-methyl/N-ethyl adjacent to an activating group) is 1. The minimum atomic E-state index is -0.246. The highest BCUT2D eigenvalue weighted by atomic mass is 16.4. The van der Waals surface area contributed by atoms with Crippen LogP contribution in [0.2, 0.25) is 0 Å². The lowest BCUT2D eigenvalue weighted by Crippen LogP contribution is -2.50. The molecule has 5 rings (SSSR count). The number of piperazine rings is 1. The van der Waals surface area contributed by atoms with Crippen molar-refractivity contribution in [3.05, 3.63) is 54.0 Å². The fourth-order valence-electron chi connectivity index (χ4n) is 5.92. The number of amides is 2. The second-order valence-corrected chi connectivity index (χ2v) is 10.1. The van der Waals surface area contributed by atoms with Gasteiger partial charge in [-0.25, -0.2) is 0 Å². The van der Waals surface area contributed by atoms with Gasteiger partial charge in [0, 0.05) is 63.5 Å². The van der Waals surface area contributed by atoms with E-state index >= 15 is 0 Å². The maximum atomic E-state index is 13.1. The summed E-state index contributed by atoms with van der Waals surface area (Å²) in [6.45, 7) is 4.97. The molecule has 2 amide bonds. The van der Waals surface area contributed by atoms with Crippen LogP contribution in [0, 0.1) is 0 Å². The molecule has 2 aromatic rings. The van der Waals surface area contributed by atoms with Crippen LogP contribution in [0.1, 0.15) is 30.8 Å². The van der Waals surface area contributed by atoms with E-state index in [-0.39, 0.29) is 36.5 Å². The number of furan rings is 1. The van der Waals surface area contributed by atoms with E-state index in [1.165, 1.54) is 5.69 Å². The van der Waals surface area contributed by atoms with Crippen molar-refractivity contribution in [2.75, 3.05) is 51.2 Å². The monoisotopic (exact) mass is 495 g/mol. The van der Waals surface area contributed by atoms with E-state index < -0.39 is 0 Å². The number of aliphatic hydroxyl groups excluding tert-OH is 1. The lowest BCUT2D eigenvalue weighted by molar-refractivity contribution is -0.132. The molecule has 0 bridgehead atoms. The number of nitrogens with one attached hydrogen (secondary N) is 1. The van der Waals surface area contributed by atoms with Gasteiger partial charge in [-0.1, -0.05) is 18.2 Å². The fourth-order valence-corrected chi connectivity index (χ4v) is 5.92. The van der Waals surface area contributed by atoms with Crippen LogP contribution in [0.5, 0.6) is 0 Å². The van der Waals surface area contributed by atoms with E-state index in [4.69, 9.17) is 4.42 Å². The Labute approximate surface area is 212 Å². The maximum absolute atomic E-state index is 13.1. The molecule has 0 aliphatic carbocycles. The summed E-state index contributed by atoms with van der Waals surface area (Å²) < 4.78 is 5.66. The Bertz CT molecular complexity index is 1040. The molecule has 0 spiro atoms. The smallest absolute Gasteiger partial charge is 0.239 e. The van der Waals surface area contributed by atoms with Gasteiger partial charge >= 0.3 is 0 Å². The number of rotatable bonds is 7. The van der Waals surface area contributed by atoms with Gasteiger partial charge in [0.15, 0.2) is 0 Å². The zero-order valence-electron chi connectivity index (χ0n) is 21.0. The molecule has 3 saturated heterocycles. The number of carbonyl (C=O) groups excluding carboxylic acids is 2. The number of carbonyl (C=O) groups is 2. The van der Waals surface area contributed by atoms with Gasteiger partial charge in [-0.05, 0) is 44.2 Å². The standard InChI is InChI=1S/C27H37N5O4/c1-29-21(7-10-25(34)31-15-13-30(14-16-31)20-5-3-2-4-6-20)17-28-27(35)26-24(29)11-12-32(26)18-22-8-9-23(19-33)36-22/h2-6,8-9,21,24,26,33H,7,10-19H2,1H3,(H,28,35)/t21-,24+,26-/m0/s1. The first kappa shape index (κ1) is 24.8. The molecule has 0 saturated carbocycles. The second kappa shape index (κ2) is 11.0. The molecule has 36 heavy (non-hydrogen) atoms. The summed E-state index contributed by atoms with van der Waals surface area (Å²) in [7, 11) is 2.09. The average molecular weight is 496 g/mol. The van der Waals surface area contributed by atoms with Crippen LogP contribution in [0.4, 0.5) is 5.69 Å². The molecule has 1 aromatic heterocycles. The molecule has 3 aliphatic heterocycles. The van der Waals surface area contributed by atoms with Crippen molar-refractivity contribution in [1.29, 1.82) is 0 Å². The van der Waals surface area contributed by atoms with Gasteiger partial charge in [0.05, 0.1) is 6.54 Å². The molecular weight excluding hydrogens is 458 g/mol. The number of hydrogen-bond acceptors (Lipinski definition) is 7. The van der Waals surface area contributed by atoms with Crippen molar-refractivity contribution in [2.45, 2.75) is 50.5 Å². The van der Waals surface area contributed by atoms with E-state index in [0.29, 0.717) is 25.3 Å². The van der Waals surface area contributed by atoms with Crippen LogP contribution in [0.25, 0.3) is 0 Å². The van der Waals surface area contributed by atoms with Gasteiger partial charge < -0.3 is 24.6 Å². The van der Waals surface area contributed by atoms with Crippen molar-refractivity contribution in [3.8, 4) is 0 Å². The van der Waals surface area contributed by atoms with E-state index in [0.717, 1.165) is 51.3 Å². The highest BCUT2D eigenvalue weighted by molar-refractivity contribution is 5.83. The summed E-state index contributed by atoms with van der Waals surface area (Å²) in [5.74, 6) is 1.54. The summed E-state index contributed by atoms with van der Waals surface area (Å²) in [6, 6.07) is 14.0. The molecule has 1 aromatic carbocycles. The molecule has 4 heterocycles. The first-order chi connectivity index (χ1) is 17.5. The minimum Gasteiger partial charge on any atom is -0.462 e. The normalized spacial score (nSPS) is 25.5. The first-order valence-electron chi connectivity index (χ1n) is 13.0. The van der Waals surface area contributed by atoms with Crippen molar-refractivity contribution < 1.29 is 19.1 Å². The summed E-state index contributed by atoms with van der Waals surface area (Å²) in [4.78, 5) is 34.9. The molecule has 194 valence electrons. The molecule has 3 atom stereocenters. The van der Waals surface area contributed by atoms with E-state index in [9.17, 15) is 14.7 Å². The van der Waals surface area contributed by atoms with Crippen LogP contribution < -0.4 is 10.2 Å². The maximum Gasteiger partial charge on any atom is 0.239 e. The number of para-hydroxylation sites is 1. The highest BCUT2D eigenvalue weighted by Crippen LogP contribution is 2.29. The van der Waals surface area contributed by atoms with Gasteiger partial charge in [-0.2, -0.15) is 0 Å². The SMILES string of the molecule is CN1[C@@H](CCC(=O)N2CCN(c3ccccc3)CC2)CNC(=O)[C@@H]2[C@H]1CCN2Cc1ccc(CO)o1. The molecule has 9 heteroatoms. The fraction of sp³-hybridized carbons (Fsp3) is 0.556. The Morgan fingerprint density at radius 3 is 2.53 bits per heavy atom. The minimum absolute atomic E-state index is 0.0455. The Hall–Kier alpha value is -2.88. The number of hydrogen-bond donors (Lipinski definition) is 2. The Morgan fingerprint density at radius 1 is 1.06 bits per heavy atom. The van der Waals surface area contributed by atoms with Crippen molar-refractivity contribution in [3.63, 3.8) is 0 Å². The number of nitrogens with zero attached hydrogens (tertiary/aromatic N) is 4. The summed E-state index contributed by atoms with van der Waals surface area (Å²) in [6.07, 6.45) is 2.12. The van der Waals surface area contributed by atoms with Gasteiger partial charge in [0.2, 0.25) is 11.8 Å². The molecule has 3 aliphatic rings. The highest BCUT2D eigenvalue weighted by Gasteiger charge is 2.45. The Balaban J connectivity index is 1.14. The molecule has 0 radical (unpaired) electrons. The van der Waals surface area contributed by atoms with Crippen molar-refractivity contribution in [1.82, 2.24) is 20.0 Å². The zero-order chi connectivity index (χ0) is 25.1. The van der Waals surface area contributed by atoms with Crippen molar-refractivity contribution >= 4 is 17.5 Å². The van der Waals surface area contributed by atoms with Crippen molar-refractivity contribution in [2.24, 2.45) is 0 Å². The number of benzene rings is 1. The first-order valence-corrected chi connectivity index (χ1v) is 13.0. The van der Waals surface area contributed by atoms with Gasteiger partial charge in [0.25, 0.3) is 0 Å². The molecule has 0 unspecified atom stereocenters. The third-order valence-corrected chi connectivity index (χ3v) is 8.03. The summed E-state index contributed by atoms with van der Waals surface area (Å²) in [5, 5.41) is 12.4. The van der Waals surface area contributed by atoms with Gasteiger partial charge in [-0.3, -0.25) is 19.4 Å². The van der Waals surface area contributed by atoms with Crippen LogP contribution >= 0.6 is 0 Å². The second-order valence-electron chi connectivity index (χ2n) is 10.1. The Morgan fingerprint density at radius 2 is 1.81 bits per heavy atom. The largest absolute Gasteiger partial charge is 0.462 e. The molecule has 3 fully saturated rings. The van der Waals surface area contributed by atoms with Crippen LogP contribution in [0.3, 0.4) is 0 Å². The summed E-state index contributed by atoms with van der Waals surface area (Å²) >= 11 is 0. The quantitative estimate of drug-likeness (QED) is 0.598. The number of fused-ring (bicyclic) bond motifs is 1. The van der Waals surface area contributed by atoms with E-state index in [1.807, 2.05) is 29.2 Å². The lowest BCUT2D eigenvalue weighted by atomic mass is 10.0. The summed E-state index contributed by atoms with van der Waals surface area (Å²) in [5.41, 5.74) is 1.21. The molecule has 2 N–H and O–H groups in total. The number of anilines is 1. The molecule has 9 nitrogen and oxygen atoms in total. The van der Waals surface area contributed by atoms with E-state index in [2.05, 4.69) is 39.2 Å². The average Bonchev–Trinajstić information content (AvgIpc) is 3.53. The van der Waals surface area contributed by atoms with Crippen LogP contribution in [-0.4, -0.2) is 96.1 Å². The van der Waals surface area contributed by atoms with Crippen LogP contribution in [0.15, 0.2) is 46.9 Å².